The maximum absolute atomic E-state index is 13.7. The Labute approximate surface area is 207 Å². The first-order valence-corrected chi connectivity index (χ1v) is 11.5. The van der Waals surface area contributed by atoms with Crippen LogP contribution in [0.3, 0.4) is 0 Å². The summed E-state index contributed by atoms with van der Waals surface area (Å²) in [4.78, 5) is 26.8. The number of nitrogen functional groups attached to an aromatic ring is 1. The molecule has 0 amide bonds. The van der Waals surface area contributed by atoms with Crippen molar-refractivity contribution >= 4 is 38.8 Å². The number of ketones is 1. The Hall–Kier alpha value is -4.78. The van der Waals surface area contributed by atoms with Crippen molar-refractivity contribution < 1.29 is 15.0 Å². The Balaban J connectivity index is 1.66. The number of nitrogens with zero attached hydrogens (tertiary/aromatic N) is 1. The molecule has 0 unspecified atom stereocenters. The summed E-state index contributed by atoms with van der Waals surface area (Å²) in [6.45, 7) is 0. The standard InChI is InChI=1S/C29H25N3O4/c1-32-23-13-7-4-10-19(23)28(35)27(29(32)36)25(34)16-22(31-21-12-6-5-11-20(21)30)26-18-9-3-2-8-17(18)14-15-24(26)33/h2-15,22,31,33,35H,16,30H2,1H3/t22-/m0/s1. The molecule has 0 aliphatic rings. The molecule has 0 saturated carbocycles. The zero-order valence-electron chi connectivity index (χ0n) is 19.6. The number of para-hydroxylation sites is 3. The van der Waals surface area contributed by atoms with Crippen LogP contribution in [-0.4, -0.2) is 20.6 Å². The number of benzene rings is 4. The highest BCUT2D eigenvalue weighted by Gasteiger charge is 2.27. The number of hydrogen-bond donors (Lipinski definition) is 4. The van der Waals surface area contributed by atoms with Crippen LogP contribution in [-0.2, 0) is 7.05 Å². The van der Waals surface area contributed by atoms with E-state index >= 15 is 0 Å². The molecule has 0 bridgehead atoms. The number of phenolic OH excluding ortho intramolecular Hbond substituents is 1. The van der Waals surface area contributed by atoms with Crippen molar-refractivity contribution in [2.75, 3.05) is 11.1 Å². The molecule has 0 aliphatic carbocycles. The second kappa shape index (κ2) is 9.11. The zero-order chi connectivity index (χ0) is 25.4. The lowest BCUT2D eigenvalue weighted by Gasteiger charge is -2.24. The smallest absolute Gasteiger partial charge is 0.265 e. The predicted molar refractivity (Wildman–Crippen MR) is 143 cm³/mol. The summed E-state index contributed by atoms with van der Waals surface area (Å²) in [7, 11) is 1.57. The maximum Gasteiger partial charge on any atom is 0.265 e. The maximum atomic E-state index is 13.7. The van der Waals surface area contributed by atoms with Crippen molar-refractivity contribution in [2.24, 2.45) is 7.05 Å². The first-order valence-electron chi connectivity index (χ1n) is 11.5. The van der Waals surface area contributed by atoms with Crippen LogP contribution in [0.25, 0.3) is 21.7 Å². The fraction of sp³-hybridized carbons (Fsp3) is 0.103. The van der Waals surface area contributed by atoms with Gasteiger partial charge in [-0.3, -0.25) is 9.59 Å². The van der Waals surface area contributed by atoms with Crippen LogP contribution in [0.1, 0.15) is 28.4 Å². The highest BCUT2D eigenvalue weighted by molar-refractivity contribution is 6.04. The number of aryl methyl sites for hydroxylation is 1. The third-order valence-corrected chi connectivity index (χ3v) is 6.53. The van der Waals surface area contributed by atoms with Crippen LogP contribution in [0, 0.1) is 0 Å². The molecular weight excluding hydrogens is 454 g/mol. The van der Waals surface area contributed by atoms with E-state index in [-0.39, 0.29) is 23.5 Å². The van der Waals surface area contributed by atoms with Crippen LogP contribution < -0.4 is 16.6 Å². The molecule has 0 saturated heterocycles. The number of carbonyl (C=O) groups excluding carboxylic acids is 1. The van der Waals surface area contributed by atoms with Gasteiger partial charge in [-0.1, -0.05) is 54.6 Å². The van der Waals surface area contributed by atoms with Crippen molar-refractivity contribution in [3.63, 3.8) is 0 Å². The van der Waals surface area contributed by atoms with Crippen LogP contribution in [0.2, 0.25) is 0 Å². The van der Waals surface area contributed by atoms with Gasteiger partial charge < -0.3 is 25.8 Å². The quantitative estimate of drug-likeness (QED) is 0.199. The van der Waals surface area contributed by atoms with Crippen LogP contribution in [0.4, 0.5) is 11.4 Å². The Morgan fingerprint density at radius 1 is 0.917 bits per heavy atom. The lowest BCUT2D eigenvalue weighted by atomic mass is 9.92. The average molecular weight is 480 g/mol. The van der Waals surface area contributed by atoms with Gasteiger partial charge >= 0.3 is 0 Å². The highest BCUT2D eigenvalue weighted by Crippen LogP contribution is 2.38. The van der Waals surface area contributed by atoms with Crippen LogP contribution in [0.15, 0.2) is 89.7 Å². The number of aromatic nitrogens is 1. The molecule has 36 heavy (non-hydrogen) atoms. The molecule has 0 aliphatic heterocycles. The molecule has 5 rings (SSSR count). The average Bonchev–Trinajstić information content (AvgIpc) is 2.88. The number of phenols is 1. The van der Waals surface area contributed by atoms with E-state index in [0.717, 1.165) is 10.8 Å². The van der Waals surface area contributed by atoms with Gasteiger partial charge in [-0.05, 0) is 41.1 Å². The molecule has 0 radical (unpaired) electrons. The minimum Gasteiger partial charge on any atom is -0.508 e. The SMILES string of the molecule is Cn1c(=O)c(C(=O)C[C@H](Nc2ccccc2N)c2c(O)ccc3ccccc23)c(O)c2ccccc21. The molecule has 7 heteroatoms. The summed E-state index contributed by atoms with van der Waals surface area (Å²) in [5.41, 5.74) is 7.37. The van der Waals surface area contributed by atoms with Crippen molar-refractivity contribution in [1.82, 2.24) is 4.57 Å². The fourth-order valence-corrected chi connectivity index (χ4v) is 4.71. The molecule has 1 heterocycles. The largest absolute Gasteiger partial charge is 0.508 e. The van der Waals surface area contributed by atoms with E-state index in [2.05, 4.69) is 5.32 Å². The van der Waals surface area contributed by atoms with E-state index in [9.17, 15) is 19.8 Å². The molecule has 0 spiro atoms. The Morgan fingerprint density at radius 3 is 2.36 bits per heavy atom. The number of pyridine rings is 1. The zero-order valence-corrected chi connectivity index (χ0v) is 19.6. The molecule has 1 aromatic heterocycles. The first kappa shape index (κ1) is 23.0. The van der Waals surface area contributed by atoms with Gasteiger partial charge in [-0.2, -0.15) is 0 Å². The van der Waals surface area contributed by atoms with Crippen molar-refractivity contribution in [3.8, 4) is 11.5 Å². The number of Topliss-reactive ketones (excluding diaryl/α,β-unsaturated/α-hetero) is 1. The lowest BCUT2D eigenvalue weighted by Crippen LogP contribution is -2.27. The number of hydrogen-bond acceptors (Lipinski definition) is 6. The minimum atomic E-state index is -0.746. The third-order valence-electron chi connectivity index (χ3n) is 6.53. The van der Waals surface area contributed by atoms with Gasteiger partial charge in [-0.25, -0.2) is 0 Å². The monoisotopic (exact) mass is 479 g/mol. The van der Waals surface area contributed by atoms with Gasteiger partial charge in [0.1, 0.15) is 17.1 Å². The van der Waals surface area contributed by atoms with Crippen LogP contribution in [0.5, 0.6) is 11.5 Å². The molecule has 0 fully saturated rings. The van der Waals surface area contributed by atoms with Gasteiger partial charge in [0.25, 0.3) is 5.56 Å². The summed E-state index contributed by atoms with van der Waals surface area (Å²) in [6.07, 6.45) is -0.211. The summed E-state index contributed by atoms with van der Waals surface area (Å²) in [5.74, 6) is -0.902. The second-order valence-electron chi connectivity index (χ2n) is 8.74. The number of aromatic hydroxyl groups is 2. The number of fused-ring (bicyclic) bond motifs is 2. The third kappa shape index (κ3) is 3.90. The van der Waals surface area contributed by atoms with E-state index in [1.165, 1.54) is 4.57 Å². The Kier molecular flexibility index (Phi) is 5.82. The molecule has 5 N–H and O–H groups in total. The van der Waals surface area contributed by atoms with Crippen molar-refractivity contribution in [1.29, 1.82) is 0 Å². The number of carbonyl (C=O) groups is 1. The van der Waals surface area contributed by atoms with Crippen molar-refractivity contribution in [2.45, 2.75) is 12.5 Å². The van der Waals surface area contributed by atoms with Gasteiger partial charge in [0.2, 0.25) is 0 Å². The minimum absolute atomic E-state index is 0.00383. The number of nitrogens with one attached hydrogen (secondary N) is 1. The van der Waals surface area contributed by atoms with E-state index in [0.29, 0.717) is 27.8 Å². The number of nitrogens with two attached hydrogens (primary N) is 1. The highest BCUT2D eigenvalue weighted by atomic mass is 16.3. The lowest BCUT2D eigenvalue weighted by molar-refractivity contribution is 0.0972. The van der Waals surface area contributed by atoms with Gasteiger partial charge in [0, 0.05) is 24.4 Å². The molecule has 5 aromatic rings. The molecule has 1 atom stereocenters. The van der Waals surface area contributed by atoms with E-state index in [4.69, 9.17) is 5.73 Å². The fourth-order valence-electron chi connectivity index (χ4n) is 4.71. The van der Waals surface area contributed by atoms with Gasteiger partial charge in [0.05, 0.1) is 22.9 Å². The van der Waals surface area contributed by atoms with E-state index in [1.807, 2.05) is 30.3 Å². The summed E-state index contributed by atoms with van der Waals surface area (Å²) in [6, 6.07) is 24.1. The topological polar surface area (TPSA) is 118 Å². The van der Waals surface area contributed by atoms with Gasteiger partial charge in [0.15, 0.2) is 5.78 Å². The Bertz CT molecular complexity index is 1690. The van der Waals surface area contributed by atoms with Crippen LogP contribution >= 0.6 is 0 Å². The van der Waals surface area contributed by atoms with Gasteiger partial charge in [-0.15, -0.1) is 0 Å². The molecule has 4 aromatic carbocycles. The summed E-state index contributed by atoms with van der Waals surface area (Å²) in [5, 5.41) is 27.2. The second-order valence-corrected chi connectivity index (χ2v) is 8.74. The van der Waals surface area contributed by atoms with Crippen molar-refractivity contribution in [3.05, 3.63) is 106 Å². The summed E-state index contributed by atoms with van der Waals surface area (Å²) < 4.78 is 1.36. The molecule has 7 nitrogen and oxygen atoms in total. The summed E-state index contributed by atoms with van der Waals surface area (Å²) >= 11 is 0. The molecule has 180 valence electrons. The number of anilines is 2. The molecular formula is C29H25N3O4. The van der Waals surface area contributed by atoms with E-state index in [1.54, 1.807) is 61.6 Å². The Morgan fingerprint density at radius 2 is 1.58 bits per heavy atom. The number of rotatable bonds is 6. The predicted octanol–water partition coefficient (Wildman–Crippen LogP) is 5.11. The van der Waals surface area contributed by atoms with E-state index < -0.39 is 17.4 Å². The normalized spacial score (nSPS) is 12.0. The first-order chi connectivity index (χ1) is 17.4.